The molecule has 0 amide bonds. The average molecular weight is 349 g/mol. The van der Waals surface area contributed by atoms with Crippen molar-refractivity contribution in [1.29, 1.82) is 0 Å². The standard InChI is InChI=1S/C14H32O4Si3/c1-9-14(15)16-12-10-11-13(2)19(17-20(3,4)5)18-21(6,7)8/h9,13,19H,1,10-12H2,2-8H3. The summed E-state index contributed by atoms with van der Waals surface area (Å²) >= 11 is 0. The van der Waals surface area contributed by atoms with Crippen molar-refractivity contribution < 1.29 is 17.8 Å². The zero-order valence-electron chi connectivity index (χ0n) is 14.7. The predicted molar refractivity (Wildman–Crippen MR) is 95.8 cm³/mol. The van der Waals surface area contributed by atoms with Gasteiger partial charge in [-0.25, -0.2) is 4.79 Å². The van der Waals surface area contributed by atoms with Gasteiger partial charge < -0.3 is 13.0 Å². The van der Waals surface area contributed by atoms with Crippen LogP contribution >= 0.6 is 0 Å². The molecule has 0 rings (SSSR count). The minimum Gasteiger partial charge on any atom is -0.463 e. The summed E-state index contributed by atoms with van der Waals surface area (Å²) in [5.74, 6) is -0.354. The zero-order chi connectivity index (χ0) is 16.7. The second kappa shape index (κ2) is 9.04. The third kappa shape index (κ3) is 12.1. The fourth-order valence-corrected chi connectivity index (χ4v) is 10.3. The normalized spacial score (nSPS) is 14.1. The maximum Gasteiger partial charge on any atom is 0.330 e. The Morgan fingerprint density at radius 3 is 2.00 bits per heavy atom. The fraction of sp³-hybridized carbons (Fsp3) is 0.786. The lowest BCUT2D eigenvalue weighted by molar-refractivity contribution is -0.137. The largest absolute Gasteiger partial charge is 0.463 e. The Balaban J connectivity index is 4.40. The van der Waals surface area contributed by atoms with Gasteiger partial charge in [0, 0.05) is 6.08 Å². The van der Waals surface area contributed by atoms with E-state index in [1.165, 1.54) is 6.08 Å². The van der Waals surface area contributed by atoms with Crippen molar-refractivity contribution in [3.05, 3.63) is 12.7 Å². The number of rotatable bonds is 10. The molecule has 0 aliphatic rings. The molecular weight excluding hydrogens is 316 g/mol. The lowest BCUT2D eigenvalue weighted by Crippen LogP contribution is -2.45. The molecule has 0 fully saturated rings. The van der Waals surface area contributed by atoms with Crippen molar-refractivity contribution in [1.82, 2.24) is 0 Å². The van der Waals surface area contributed by atoms with Crippen molar-refractivity contribution in [2.45, 2.75) is 64.6 Å². The molecule has 1 unspecified atom stereocenters. The van der Waals surface area contributed by atoms with Crippen LogP contribution in [-0.2, 0) is 17.8 Å². The van der Waals surface area contributed by atoms with Crippen LogP contribution in [0.2, 0.25) is 44.8 Å². The fourth-order valence-electron chi connectivity index (χ4n) is 1.73. The van der Waals surface area contributed by atoms with Gasteiger partial charge in [-0.05, 0) is 57.7 Å². The molecule has 0 bridgehead atoms. The van der Waals surface area contributed by atoms with Crippen LogP contribution in [0.1, 0.15) is 19.8 Å². The highest BCUT2D eigenvalue weighted by Gasteiger charge is 2.32. The molecule has 0 N–H and O–H groups in total. The molecule has 4 nitrogen and oxygen atoms in total. The van der Waals surface area contributed by atoms with E-state index in [1.807, 2.05) is 0 Å². The Hall–Kier alpha value is -0.219. The number of ether oxygens (including phenoxy) is 1. The van der Waals surface area contributed by atoms with Crippen LogP contribution in [0.25, 0.3) is 0 Å². The Kier molecular flexibility index (Phi) is 8.95. The third-order valence-corrected chi connectivity index (χ3v) is 11.4. The van der Waals surface area contributed by atoms with E-state index in [0.29, 0.717) is 12.1 Å². The van der Waals surface area contributed by atoms with Crippen molar-refractivity contribution >= 4 is 31.9 Å². The van der Waals surface area contributed by atoms with Gasteiger partial charge in [0.1, 0.15) is 0 Å². The molecule has 0 aromatic rings. The molecule has 0 radical (unpaired) electrons. The molecule has 0 heterocycles. The van der Waals surface area contributed by atoms with Gasteiger partial charge in [0.2, 0.25) is 0 Å². The molecule has 124 valence electrons. The smallest absolute Gasteiger partial charge is 0.330 e. The zero-order valence-corrected chi connectivity index (χ0v) is 17.8. The predicted octanol–water partition coefficient (Wildman–Crippen LogP) is 3.81. The van der Waals surface area contributed by atoms with Gasteiger partial charge in [-0.15, -0.1) is 0 Å². The van der Waals surface area contributed by atoms with Crippen LogP contribution in [0.3, 0.4) is 0 Å². The molecule has 0 saturated heterocycles. The van der Waals surface area contributed by atoms with Gasteiger partial charge in [-0.1, -0.05) is 13.5 Å². The van der Waals surface area contributed by atoms with E-state index in [2.05, 4.69) is 52.8 Å². The van der Waals surface area contributed by atoms with E-state index >= 15 is 0 Å². The van der Waals surface area contributed by atoms with Crippen molar-refractivity contribution in [3.8, 4) is 0 Å². The van der Waals surface area contributed by atoms with Crippen LogP contribution < -0.4 is 0 Å². The van der Waals surface area contributed by atoms with E-state index in [4.69, 9.17) is 13.0 Å². The molecule has 1 atom stereocenters. The summed E-state index contributed by atoms with van der Waals surface area (Å²) in [7, 11) is -4.88. The Morgan fingerprint density at radius 2 is 1.62 bits per heavy atom. The number of hydrogen-bond donors (Lipinski definition) is 0. The van der Waals surface area contributed by atoms with Crippen LogP contribution in [-0.4, -0.2) is 38.5 Å². The second-order valence-corrected chi connectivity index (χ2v) is 19.5. The van der Waals surface area contributed by atoms with Crippen LogP contribution in [0.4, 0.5) is 0 Å². The summed E-state index contributed by atoms with van der Waals surface area (Å²) in [6, 6.07) is 0. The SMILES string of the molecule is C=CC(=O)OCCCC(C)[SiH](O[Si](C)(C)C)O[Si](C)(C)C. The maximum atomic E-state index is 11.0. The molecule has 0 saturated carbocycles. The molecule has 0 aromatic heterocycles. The highest BCUT2D eigenvalue weighted by molar-refractivity contribution is 6.81. The average Bonchev–Trinajstić information content (AvgIpc) is 2.29. The van der Waals surface area contributed by atoms with Gasteiger partial charge >= 0.3 is 15.3 Å². The van der Waals surface area contributed by atoms with Gasteiger partial charge in [0.05, 0.1) is 6.61 Å². The summed E-state index contributed by atoms with van der Waals surface area (Å²) in [6.07, 6.45) is 3.01. The highest BCUT2D eigenvalue weighted by Crippen LogP contribution is 2.24. The number of carbonyl (C=O) groups is 1. The van der Waals surface area contributed by atoms with E-state index in [9.17, 15) is 4.79 Å². The Labute approximate surface area is 134 Å². The van der Waals surface area contributed by atoms with Crippen LogP contribution in [0.5, 0.6) is 0 Å². The monoisotopic (exact) mass is 348 g/mol. The van der Waals surface area contributed by atoms with E-state index in [1.54, 1.807) is 0 Å². The van der Waals surface area contributed by atoms with Crippen molar-refractivity contribution in [3.63, 3.8) is 0 Å². The molecule has 21 heavy (non-hydrogen) atoms. The first-order chi connectivity index (χ1) is 9.44. The summed E-state index contributed by atoms with van der Waals surface area (Å²) in [4.78, 5) is 11.0. The lowest BCUT2D eigenvalue weighted by Gasteiger charge is -2.34. The Morgan fingerprint density at radius 1 is 1.14 bits per heavy atom. The van der Waals surface area contributed by atoms with E-state index in [0.717, 1.165) is 12.8 Å². The first-order valence-corrected chi connectivity index (χ1v) is 16.0. The van der Waals surface area contributed by atoms with Crippen molar-refractivity contribution in [2.75, 3.05) is 6.61 Å². The van der Waals surface area contributed by atoms with E-state index < -0.39 is 25.9 Å². The summed E-state index contributed by atoms with van der Waals surface area (Å²) in [5, 5.41) is 0. The summed E-state index contributed by atoms with van der Waals surface area (Å²) in [5.41, 5.74) is 0.422. The highest BCUT2D eigenvalue weighted by atomic mass is 28.4. The van der Waals surface area contributed by atoms with Crippen LogP contribution in [0, 0.1) is 0 Å². The second-order valence-electron chi connectivity index (χ2n) is 7.32. The van der Waals surface area contributed by atoms with Crippen molar-refractivity contribution in [2.24, 2.45) is 0 Å². The third-order valence-electron chi connectivity index (χ3n) is 2.62. The quantitative estimate of drug-likeness (QED) is 0.261. The first kappa shape index (κ1) is 20.8. The molecule has 0 aliphatic carbocycles. The van der Waals surface area contributed by atoms with Crippen LogP contribution in [0.15, 0.2) is 12.7 Å². The Bertz CT molecular complexity index is 318. The first-order valence-electron chi connectivity index (χ1n) is 7.59. The summed E-state index contributed by atoms with van der Waals surface area (Å²) < 4.78 is 17.7. The van der Waals surface area contributed by atoms with E-state index in [-0.39, 0.29) is 5.97 Å². The molecule has 0 spiro atoms. The minimum absolute atomic E-state index is 0.354. The molecular formula is C14H32O4Si3. The topological polar surface area (TPSA) is 44.8 Å². The molecule has 0 aliphatic heterocycles. The molecule has 0 aromatic carbocycles. The van der Waals surface area contributed by atoms with Gasteiger partial charge in [-0.2, -0.15) is 0 Å². The number of carbonyl (C=O) groups excluding carboxylic acids is 1. The van der Waals surface area contributed by atoms with Gasteiger partial charge in [-0.3, -0.25) is 0 Å². The minimum atomic E-state index is -1.69. The molecule has 7 heteroatoms. The number of esters is 1. The van der Waals surface area contributed by atoms with Gasteiger partial charge in [0.15, 0.2) is 16.6 Å². The summed E-state index contributed by atoms with van der Waals surface area (Å²) in [6.45, 7) is 19.3. The number of hydrogen-bond acceptors (Lipinski definition) is 4. The maximum absolute atomic E-state index is 11.0. The lowest BCUT2D eigenvalue weighted by atomic mass is 10.2. The van der Waals surface area contributed by atoms with Gasteiger partial charge in [0.25, 0.3) is 0 Å².